The number of amides is 1. The minimum Gasteiger partial charge on any atom is -0.353 e. The molecule has 0 spiro atoms. The minimum absolute atomic E-state index is 0.0396. The second-order valence-electron chi connectivity index (χ2n) is 6.73. The van der Waals surface area contributed by atoms with E-state index in [0.717, 1.165) is 32.5 Å². The largest absolute Gasteiger partial charge is 0.353 e. The summed E-state index contributed by atoms with van der Waals surface area (Å²) in [4.78, 5) is 31.5. The molecule has 2 heterocycles. The Morgan fingerprint density at radius 1 is 1.48 bits per heavy atom. The standard InChI is InChI=1S/C18H30N4O2S/c1-5-21(6-2)9-7-8-14(4)20-16(23)15-11-22-17(24)13(3)10-19-18(22)25-12-15/h10,14-15H,5-9,11-12H2,1-4H3,(H,20,23). The van der Waals surface area contributed by atoms with E-state index < -0.39 is 0 Å². The quantitative estimate of drug-likeness (QED) is 0.712. The summed E-state index contributed by atoms with van der Waals surface area (Å²) in [5.74, 6) is 0.541. The van der Waals surface area contributed by atoms with E-state index in [-0.39, 0.29) is 23.4 Å². The van der Waals surface area contributed by atoms with Crippen molar-refractivity contribution < 1.29 is 4.79 Å². The normalized spacial score (nSPS) is 18.0. The van der Waals surface area contributed by atoms with Crippen LogP contribution in [0.4, 0.5) is 0 Å². The van der Waals surface area contributed by atoms with Gasteiger partial charge < -0.3 is 10.2 Å². The molecule has 140 valence electrons. The molecule has 6 nitrogen and oxygen atoms in total. The van der Waals surface area contributed by atoms with E-state index in [0.29, 0.717) is 23.0 Å². The Labute approximate surface area is 154 Å². The number of fused-ring (bicyclic) bond motifs is 1. The third-order valence-corrected chi connectivity index (χ3v) is 5.92. The fourth-order valence-electron chi connectivity index (χ4n) is 3.05. The molecule has 1 N–H and O–H groups in total. The first-order valence-electron chi connectivity index (χ1n) is 9.18. The van der Waals surface area contributed by atoms with Crippen molar-refractivity contribution in [2.75, 3.05) is 25.4 Å². The zero-order valence-electron chi connectivity index (χ0n) is 15.7. The number of carbonyl (C=O) groups is 1. The molecule has 2 atom stereocenters. The molecule has 0 saturated heterocycles. The van der Waals surface area contributed by atoms with Crippen LogP contribution >= 0.6 is 11.8 Å². The Morgan fingerprint density at radius 3 is 2.88 bits per heavy atom. The van der Waals surface area contributed by atoms with Crippen LogP contribution in [0.1, 0.15) is 39.2 Å². The minimum atomic E-state index is -0.177. The molecule has 0 fully saturated rings. The number of carbonyl (C=O) groups excluding carboxylic acids is 1. The number of aryl methyl sites for hydroxylation is 1. The predicted molar refractivity (Wildman–Crippen MR) is 102 cm³/mol. The summed E-state index contributed by atoms with van der Waals surface area (Å²) in [6, 6.07) is 0.154. The van der Waals surface area contributed by atoms with Crippen LogP contribution in [0.3, 0.4) is 0 Å². The predicted octanol–water partition coefficient (Wildman–Crippen LogP) is 1.90. The van der Waals surface area contributed by atoms with Crippen LogP contribution in [-0.4, -0.2) is 51.8 Å². The maximum Gasteiger partial charge on any atom is 0.257 e. The van der Waals surface area contributed by atoms with E-state index in [1.165, 1.54) is 11.8 Å². The summed E-state index contributed by atoms with van der Waals surface area (Å²) in [6.07, 6.45) is 3.66. The molecule has 2 rings (SSSR count). The van der Waals surface area contributed by atoms with Gasteiger partial charge in [0.2, 0.25) is 5.91 Å². The lowest BCUT2D eigenvalue weighted by Crippen LogP contribution is -2.43. The Hall–Kier alpha value is -1.34. The van der Waals surface area contributed by atoms with Crippen molar-refractivity contribution in [3.8, 4) is 0 Å². The number of hydrogen-bond acceptors (Lipinski definition) is 5. The average molecular weight is 367 g/mol. The second kappa shape index (κ2) is 9.38. The summed E-state index contributed by atoms with van der Waals surface area (Å²) >= 11 is 1.49. The van der Waals surface area contributed by atoms with E-state index in [9.17, 15) is 9.59 Å². The van der Waals surface area contributed by atoms with Crippen LogP contribution in [0.15, 0.2) is 16.1 Å². The summed E-state index contributed by atoms with van der Waals surface area (Å²) in [6.45, 7) is 11.8. The second-order valence-corrected chi connectivity index (χ2v) is 7.71. The van der Waals surface area contributed by atoms with Gasteiger partial charge in [0.25, 0.3) is 5.56 Å². The SMILES string of the molecule is CCN(CC)CCCC(C)NC(=O)C1CSc2ncc(C)c(=O)n2C1. The van der Waals surface area contributed by atoms with Crippen molar-refractivity contribution in [2.24, 2.45) is 5.92 Å². The van der Waals surface area contributed by atoms with Crippen LogP contribution < -0.4 is 10.9 Å². The molecule has 0 aliphatic carbocycles. The molecule has 1 aliphatic heterocycles. The summed E-state index contributed by atoms with van der Waals surface area (Å²) < 4.78 is 1.64. The molecule has 1 aliphatic rings. The third-order valence-electron chi connectivity index (χ3n) is 4.76. The lowest BCUT2D eigenvalue weighted by molar-refractivity contribution is -0.125. The zero-order chi connectivity index (χ0) is 18.4. The number of rotatable bonds is 8. The molecular weight excluding hydrogens is 336 g/mol. The van der Waals surface area contributed by atoms with Gasteiger partial charge in [0.05, 0.1) is 5.92 Å². The highest BCUT2D eigenvalue weighted by atomic mass is 32.2. The highest BCUT2D eigenvalue weighted by Gasteiger charge is 2.27. The number of nitrogens with zero attached hydrogens (tertiary/aromatic N) is 3. The molecular formula is C18H30N4O2S. The Kier molecular flexibility index (Phi) is 7.50. The van der Waals surface area contributed by atoms with Gasteiger partial charge in [-0.05, 0) is 46.3 Å². The summed E-state index contributed by atoms with van der Waals surface area (Å²) in [5, 5.41) is 3.83. The Morgan fingerprint density at radius 2 is 2.20 bits per heavy atom. The van der Waals surface area contributed by atoms with Crippen molar-refractivity contribution in [2.45, 2.75) is 58.3 Å². The summed E-state index contributed by atoms with van der Waals surface area (Å²) in [7, 11) is 0. The van der Waals surface area contributed by atoms with Gasteiger partial charge in [0.15, 0.2) is 5.16 Å². The van der Waals surface area contributed by atoms with E-state index in [1.807, 2.05) is 0 Å². The van der Waals surface area contributed by atoms with Gasteiger partial charge in [-0.15, -0.1) is 0 Å². The molecule has 7 heteroatoms. The molecule has 0 radical (unpaired) electrons. The van der Waals surface area contributed by atoms with Gasteiger partial charge in [0.1, 0.15) is 0 Å². The van der Waals surface area contributed by atoms with E-state index in [2.05, 4.69) is 36.0 Å². The van der Waals surface area contributed by atoms with E-state index in [1.54, 1.807) is 17.7 Å². The van der Waals surface area contributed by atoms with Crippen molar-refractivity contribution >= 4 is 17.7 Å². The van der Waals surface area contributed by atoms with Crippen molar-refractivity contribution in [3.63, 3.8) is 0 Å². The zero-order valence-corrected chi connectivity index (χ0v) is 16.6. The number of hydrogen-bond donors (Lipinski definition) is 1. The first kappa shape index (κ1) is 20.0. The molecule has 0 saturated carbocycles. The lowest BCUT2D eigenvalue weighted by atomic mass is 10.1. The van der Waals surface area contributed by atoms with Gasteiger partial charge >= 0.3 is 0 Å². The molecule has 1 amide bonds. The molecule has 1 aromatic rings. The monoisotopic (exact) mass is 366 g/mol. The maximum atomic E-state index is 12.6. The fraction of sp³-hybridized carbons (Fsp3) is 0.722. The molecule has 2 unspecified atom stereocenters. The van der Waals surface area contributed by atoms with Crippen LogP contribution in [0.5, 0.6) is 0 Å². The van der Waals surface area contributed by atoms with E-state index >= 15 is 0 Å². The van der Waals surface area contributed by atoms with Crippen LogP contribution in [0.2, 0.25) is 0 Å². The van der Waals surface area contributed by atoms with Crippen LogP contribution in [0.25, 0.3) is 0 Å². The molecule has 1 aromatic heterocycles. The van der Waals surface area contributed by atoms with Crippen LogP contribution in [0, 0.1) is 12.8 Å². The molecule has 25 heavy (non-hydrogen) atoms. The van der Waals surface area contributed by atoms with Gasteiger partial charge in [-0.3, -0.25) is 14.2 Å². The fourth-order valence-corrected chi connectivity index (χ4v) is 4.10. The highest BCUT2D eigenvalue weighted by Crippen LogP contribution is 2.25. The van der Waals surface area contributed by atoms with E-state index in [4.69, 9.17) is 0 Å². The van der Waals surface area contributed by atoms with Crippen molar-refractivity contribution in [1.29, 1.82) is 0 Å². The smallest absolute Gasteiger partial charge is 0.257 e. The van der Waals surface area contributed by atoms with Gasteiger partial charge in [-0.2, -0.15) is 0 Å². The summed E-state index contributed by atoms with van der Waals surface area (Å²) in [5.41, 5.74) is 0.581. The van der Waals surface area contributed by atoms with Crippen molar-refractivity contribution in [1.82, 2.24) is 19.8 Å². The number of aromatic nitrogens is 2. The topological polar surface area (TPSA) is 67.2 Å². The van der Waals surface area contributed by atoms with Gasteiger partial charge in [-0.25, -0.2) is 4.98 Å². The first-order chi connectivity index (χ1) is 12.0. The number of nitrogens with one attached hydrogen (secondary N) is 1. The lowest BCUT2D eigenvalue weighted by Gasteiger charge is -2.26. The average Bonchev–Trinajstić information content (AvgIpc) is 2.61. The maximum absolute atomic E-state index is 12.6. The van der Waals surface area contributed by atoms with Gasteiger partial charge in [-0.1, -0.05) is 25.6 Å². The van der Waals surface area contributed by atoms with Crippen molar-refractivity contribution in [3.05, 3.63) is 22.1 Å². The molecule has 0 bridgehead atoms. The Balaban J connectivity index is 1.85. The molecule has 0 aromatic carbocycles. The number of thioether (sulfide) groups is 1. The third kappa shape index (κ3) is 5.31. The first-order valence-corrected chi connectivity index (χ1v) is 10.2. The van der Waals surface area contributed by atoms with Gasteiger partial charge in [0, 0.05) is 30.1 Å². The Bertz CT molecular complexity index is 642. The highest BCUT2D eigenvalue weighted by molar-refractivity contribution is 7.99. The van der Waals surface area contributed by atoms with Crippen LogP contribution in [-0.2, 0) is 11.3 Å².